The van der Waals surface area contributed by atoms with Crippen LogP contribution in [0.25, 0.3) is 0 Å². The zero-order chi connectivity index (χ0) is 11.5. The highest BCUT2D eigenvalue weighted by Crippen LogP contribution is 2.25. The summed E-state index contributed by atoms with van der Waals surface area (Å²) in [6.07, 6.45) is 5.06. The molecule has 0 spiro atoms. The summed E-state index contributed by atoms with van der Waals surface area (Å²) in [6, 6.07) is 0.560. The van der Waals surface area contributed by atoms with Crippen molar-refractivity contribution >= 4 is 5.95 Å². The molecule has 4 heteroatoms. The van der Waals surface area contributed by atoms with Gasteiger partial charge in [0.1, 0.15) is 0 Å². The monoisotopic (exact) mass is 220 g/mol. The number of hydrogen-bond acceptors (Lipinski definition) is 4. The minimum Gasteiger partial charge on any atom is -0.338 e. The van der Waals surface area contributed by atoms with Crippen LogP contribution in [0.5, 0.6) is 0 Å². The fourth-order valence-electron chi connectivity index (χ4n) is 2.37. The molecule has 1 aliphatic rings. The Kier molecular flexibility index (Phi) is 3.39. The van der Waals surface area contributed by atoms with Crippen molar-refractivity contribution in [2.24, 2.45) is 5.92 Å². The molecule has 88 valence electrons. The van der Waals surface area contributed by atoms with Crippen molar-refractivity contribution in [1.29, 1.82) is 0 Å². The Hall–Kier alpha value is -1.16. The summed E-state index contributed by atoms with van der Waals surface area (Å²) in [5.41, 5.74) is 1.13. The minimum atomic E-state index is 0.560. The first-order valence-corrected chi connectivity index (χ1v) is 5.93. The Bertz CT molecular complexity index is 335. The van der Waals surface area contributed by atoms with E-state index in [2.05, 4.69) is 34.0 Å². The van der Waals surface area contributed by atoms with Crippen LogP contribution < -0.4 is 10.2 Å². The van der Waals surface area contributed by atoms with Gasteiger partial charge in [0.25, 0.3) is 0 Å². The van der Waals surface area contributed by atoms with Crippen LogP contribution in [0, 0.1) is 5.92 Å². The zero-order valence-electron chi connectivity index (χ0n) is 10.3. The van der Waals surface area contributed by atoms with Crippen LogP contribution in [0.1, 0.15) is 25.8 Å². The highest BCUT2D eigenvalue weighted by Gasteiger charge is 2.27. The molecule has 0 radical (unpaired) electrons. The van der Waals surface area contributed by atoms with Gasteiger partial charge >= 0.3 is 0 Å². The van der Waals surface area contributed by atoms with Gasteiger partial charge < -0.3 is 10.2 Å². The summed E-state index contributed by atoms with van der Waals surface area (Å²) in [5, 5.41) is 3.10. The lowest BCUT2D eigenvalue weighted by Gasteiger charge is -2.21. The summed E-state index contributed by atoms with van der Waals surface area (Å²) >= 11 is 0. The van der Waals surface area contributed by atoms with E-state index in [0.29, 0.717) is 6.04 Å². The SMILES string of the molecule is CNCc1cnc(N2CC(C)CC2C)nc1. The highest BCUT2D eigenvalue weighted by atomic mass is 15.3. The van der Waals surface area contributed by atoms with E-state index in [1.165, 1.54) is 6.42 Å². The second-order valence-electron chi connectivity index (χ2n) is 4.76. The second-order valence-corrected chi connectivity index (χ2v) is 4.76. The smallest absolute Gasteiger partial charge is 0.225 e. The molecule has 16 heavy (non-hydrogen) atoms. The third kappa shape index (κ3) is 2.32. The molecule has 2 rings (SSSR count). The van der Waals surface area contributed by atoms with Crippen LogP contribution in [-0.4, -0.2) is 29.6 Å². The van der Waals surface area contributed by atoms with E-state index in [0.717, 1.165) is 30.5 Å². The Morgan fingerprint density at radius 1 is 1.38 bits per heavy atom. The van der Waals surface area contributed by atoms with Gasteiger partial charge in [0, 0.05) is 37.1 Å². The minimum absolute atomic E-state index is 0.560. The maximum Gasteiger partial charge on any atom is 0.225 e. The van der Waals surface area contributed by atoms with Gasteiger partial charge in [-0.2, -0.15) is 0 Å². The van der Waals surface area contributed by atoms with E-state index >= 15 is 0 Å². The van der Waals surface area contributed by atoms with E-state index in [-0.39, 0.29) is 0 Å². The molecule has 1 aliphatic heterocycles. The number of anilines is 1. The molecule has 2 heterocycles. The number of hydrogen-bond donors (Lipinski definition) is 1. The maximum absolute atomic E-state index is 4.44. The molecule has 2 unspecified atom stereocenters. The second kappa shape index (κ2) is 4.78. The Morgan fingerprint density at radius 3 is 2.56 bits per heavy atom. The summed E-state index contributed by atoms with van der Waals surface area (Å²) in [4.78, 5) is 11.2. The normalized spacial score (nSPS) is 25.1. The van der Waals surface area contributed by atoms with Crippen LogP contribution in [-0.2, 0) is 6.54 Å². The lowest BCUT2D eigenvalue weighted by atomic mass is 10.1. The Morgan fingerprint density at radius 2 is 2.06 bits per heavy atom. The van der Waals surface area contributed by atoms with Crippen molar-refractivity contribution in [3.63, 3.8) is 0 Å². The molecule has 1 aromatic rings. The first kappa shape index (κ1) is 11.3. The van der Waals surface area contributed by atoms with Gasteiger partial charge in [0.2, 0.25) is 5.95 Å². The van der Waals surface area contributed by atoms with E-state index in [9.17, 15) is 0 Å². The first-order chi connectivity index (χ1) is 7.70. The van der Waals surface area contributed by atoms with Crippen molar-refractivity contribution in [3.8, 4) is 0 Å². The molecule has 1 N–H and O–H groups in total. The number of rotatable bonds is 3. The van der Waals surface area contributed by atoms with Crippen LogP contribution in [0.4, 0.5) is 5.95 Å². The molecular formula is C12H20N4. The number of nitrogens with one attached hydrogen (secondary N) is 1. The van der Waals surface area contributed by atoms with E-state index < -0.39 is 0 Å². The molecule has 1 saturated heterocycles. The highest BCUT2D eigenvalue weighted by molar-refractivity contribution is 5.33. The average molecular weight is 220 g/mol. The molecule has 1 fully saturated rings. The third-order valence-corrected chi connectivity index (χ3v) is 3.11. The third-order valence-electron chi connectivity index (χ3n) is 3.11. The molecule has 0 aromatic carbocycles. The largest absolute Gasteiger partial charge is 0.338 e. The molecule has 0 aliphatic carbocycles. The summed E-state index contributed by atoms with van der Waals surface area (Å²) in [7, 11) is 1.93. The van der Waals surface area contributed by atoms with Crippen molar-refractivity contribution in [2.75, 3.05) is 18.5 Å². The fraction of sp³-hybridized carbons (Fsp3) is 0.667. The van der Waals surface area contributed by atoms with Gasteiger partial charge in [0.15, 0.2) is 0 Å². The Balaban J connectivity index is 2.09. The van der Waals surface area contributed by atoms with Crippen molar-refractivity contribution < 1.29 is 0 Å². The van der Waals surface area contributed by atoms with Gasteiger partial charge in [-0.25, -0.2) is 9.97 Å². The van der Waals surface area contributed by atoms with Crippen LogP contribution >= 0.6 is 0 Å². The van der Waals surface area contributed by atoms with Crippen LogP contribution in [0.15, 0.2) is 12.4 Å². The van der Waals surface area contributed by atoms with Gasteiger partial charge in [-0.1, -0.05) is 6.92 Å². The standard InChI is InChI=1S/C12H20N4/c1-9-4-10(2)16(8-9)12-14-6-11(5-13-3)7-15-12/h6-7,9-10,13H,4-5,8H2,1-3H3. The Labute approximate surface area is 97.1 Å². The topological polar surface area (TPSA) is 41.1 Å². The lowest BCUT2D eigenvalue weighted by molar-refractivity contribution is 0.624. The fourth-order valence-corrected chi connectivity index (χ4v) is 2.37. The molecule has 0 amide bonds. The molecule has 0 bridgehead atoms. The average Bonchev–Trinajstić information content (AvgIpc) is 2.59. The van der Waals surface area contributed by atoms with Gasteiger partial charge in [-0.3, -0.25) is 0 Å². The molecule has 2 atom stereocenters. The molecule has 1 aromatic heterocycles. The molecular weight excluding hydrogens is 200 g/mol. The van der Waals surface area contributed by atoms with Gasteiger partial charge in [-0.05, 0) is 26.3 Å². The summed E-state index contributed by atoms with van der Waals surface area (Å²) in [6.45, 7) is 6.43. The number of aromatic nitrogens is 2. The van der Waals surface area contributed by atoms with Gasteiger partial charge in [0.05, 0.1) is 0 Å². The summed E-state index contributed by atoms with van der Waals surface area (Å²) < 4.78 is 0. The van der Waals surface area contributed by atoms with Crippen molar-refractivity contribution in [1.82, 2.24) is 15.3 Å². The zero-order valence-corrected chi connectivity index (χ0v) is 10.3. The van der Waals surface area contributed by atoms with E-state index in [1.54, 1.807) is 0 Å². The molecule has 4 nitrogen and oxygen atoms in total. The van der Waals surface area contributed by atoms with Crippen molar-refractivity contribution in [3.05, 3.63) is 18.0 Å². The van der Waals surface area contributed by atoms with E-state index in [4.69, 9.17) is 0 Å². The van der Waals surface area contributed by atoms with Gasteiger partial charge in [-0.15, -0.1) is 0 Å². The lowest BCUT2D eigenvalue weighted by Crippen LogP contribution is -2.28. The number of nitrogens with zero attached hydrogens (tertiary/aromatic N) is 3. The van der Waals surface area contributed by atoms with Crippen molar-refractivity contribution in [2.45, 2.75) is 32.9 Å². The van der Waals surface area contributed by atoms with Crippen LogP contribution in [0.3, 0.4) is 0 Å². The molecule has 0 saturated carbocycles. The predicted octanol–water partition coefficient (Wildman–Crippen LogP) is 1.43. The van der Waals surface area contributed by atoms with E-state index in [1.807, 2.05) is 19.4 Å². The summed E-state index contributed by atoms with van der Waals surface area (Å²) in [5.74, 6) is 1.62. The quantitative estimate of drug-likeness (QED) is 0.836. The first-order valence-electron chi connectivity index (χ1n) is 5.93. The predicted molar refractivity (Wildman–Crippen MR) is 65.4 cm³/mol. The van der Waals surface area contributed by atoms with Crippen LogP contribution in [0.2, 0.25) is 0 Å². The maximum atomic E-state index is 4.44.